The molecule has 1 atom stereocenters. The van der Waals surface area contributed by atoms with Crippen LogP contribution in [0.25, 0.3) is 0 Å². The first kappa shape index (κ1) is 16.0. The highest BCUT2D eigenvalue weighted by molar-refractivity contribution is 5.87. The van der Waals surface area contributed by atoms with Crippen LogP contribution in [-0.4, -0.2) is 58.5 Å². The first-order chi connectivity index (χ1) is 8.76. The number of likely N-dealkylation sites (N-methyl/N-ethyl adjacent to an activating group) is 1. The fraction of sp³-hybridized carbons (Fsp3) is 0.857. The standard InChI is InChI=1S/C14H26N2O3/c1-5-12(17)16-9-7-6-8-11(16)13(18)15(4)10-14(2,3)19/h11,19H,5-10H2,1-4H3. The third kappa shape index (κ3) is 4.49. The van der Waals surface area contributed by atoms with Crippen LogP contribution in [0.1, 0.15) is 46.5 Å². The van der Waals surface area contributed by atoms with Crippen molar-refractivity contribution in [3.63, 3.8) is 0 Å². The van der Waals surface area contributed by atoms with Gasteiger partial charge >= 0.3 is 0 Å². The molecule has 110 valence electrons. The third-order valence-corrected chi connectivity index (χ3v) is 3.41. The maximum atomic E-state index is 12.4. The molecular formula is C14H26N2O3. The second kappa shape index (κ2) is 6.37. The van der Waals surface area contributed by atoms with Gasteiger partial charge in [-0.05, 0) is 33.1 Å². The van der Waals surface area contributed by atoms with Crippen LogP contribution in [0.5, 0.6) is 0 Å². The molecule has 1 heterocycles. The number of aliphatic hydroxyl groups is 1. The number of piperidine rings is 1. The van der Waals surface area contributed by atoms with E-state index in [0.717, 1.165) is 19.3 Å². The Bertz CT molecular complexity index is 336. The summed E-state index contributed by atoms with van der Waals surface area (Å²) in [6.45, 7) is 6.11. The van der Waals surface area contributed by atoms with Crippen LogP contribution < -0.4 is 0 Å². The number of hydrogen-bond acceptors (Lipinski definition) is 3. The van der Waals surface area contributed by atoms with E-state index in [1.807, 2.05) is 6.92 Å². The molecule has 2 amide bonds. The van der Waals surface area contributed by atoms with Crippen molar-refractivity contribution in [2.75, 3.05) is 20.1 Å². The van der Waals surface area contributed by atoms with Crippen LogP contribution in [0.15, 0.2) is 0 Å². The van der Waals surface area contributed by atoms with E-state index >= 15 is 0 Å². The lowest BCUT2D eigenvalue weighted by Gasteiger charge is -2.37. The first-order valence-electron chi connectivity index (χ1n) is 7.03. The number of carbonyl (C=O) groups excluding carboxylic acids is 2. The van der Waals surface area contributed by atoms with E-state index in [1.165, 1.54) is 4.90 Å². The second-order valence-electron chi connectivity index (χ2n) is 5.96. The van der Waals surface area contributed by atoms with Gasteiger partial charge in [-0.2, -0.15) is 0 Å². The van der Waals surface area contributed by atoms with Gasteiger partial charge < -0.3 is 14.9 Å². The van der Waals surface area contributed by atoms with Gasteiger partial charge in [0.1, 0.15) is 6.04 Å². The summed E-state index contributed by atoms with van der Waals surface area (Å²) in [7, 11) is 1.68. The lowest BCUT2D eigenvalue weighted by Crippen LogP contribution is -2.54. The molecule has 1 N–H and O–H groups in total. The predicted octanol–water partition coefficient (Wildman–Crippen LogP) is 1.01. The minimum Gasteiger partial charge on any atom is -0.389 e. The largest absolute Gasteiger partial charge is 0.389 e. The average Bonchev–Trinajstić information content (AvgIpc) is 2.35. The summed E-state index contributed by atoms with van der Waals surface area (Å²) in [5.74, 6) is -0.0293. The summed E-state index contributed by atoms with van der Waals surface area (Å²) >= 11 is 0. The SMILES string of the molecule is CCC(=O)N1CCCCC1C(=O)N(C)CC(C)(C)O. The fourth-order valence-electron chi connectivity index (χ4n) is 2.60. The smallest absolute Gasteiger partial charge is 0.245 e. The van der Waals surface area contributed by atoms with E-state index in [2.05, 4.69) is 0 Å². The number of hydrogen-bond donors (Lipinski definition) is 1. The number of amides is 2. The van der Waals surface area contributed by atoms with Gasteiger partial charge in [-0.3, -0.25) is 9.59 Å². The summed E-state index contributed by atoms with van der Waals surface area (Å²) in [5.41, 5.74) is -0.918. The zero-order valence-electron chi connectivity index (χ0n) is 12.5. The van der Waals surface area contributed by atoms with Crippen LogP contribution in [0, 0.1) is 0 Å². The van der Waals surface area contributed by atoms with Crippen molar-refractivity contribution >= 4 is 11.8 Å². The highest BCUT2D eigenvalue weighted by atomic mass is 16.3. The Hall–Kier alpha value is -1.10. The number of carbonyl (C=O) groups is 2. The van der Waals surface area contributed by atoms with Crippen LogP contribution in [0.2, 0.25) is 0 Å². The van der Waals surface area contributed by atoms with Crippen LogP contribution >= 0.6 is 0 Å². The topological polar surface area (TPSA) is 60.9 Å². The molecule has 1 unspecified atom stereocenters. The summed E-state index contributed by atoms with van der Waals surface area (Å²) in [6, 6.07) is -0.353. The van der Waals surface area contributed by atoms with Gasteiger partial charge in [0, 0.05) is 26.6 Å². The van der Waals surface area contributed by atoms with Crippen LogP contribution in [0.4, 0.5) is 0 Å². The molecule has 0 aliphatic carbocycles. The highest BCUT2D eigenvalue weighted by Gasteiger charge is 2.34. The van der Waals surface area contributed by atoms with Crippen molar-refractivity contribution < 1.29 is 14.7 Å². The Labute approximate surface area is 115 Å². The zero-order chi connectivity index (χ0) is 14.6. The van der Waals surface area contributed by atoms with E-state index in [9.17, 15) is 14.7 Å². The van der Waals surface area contributed by atoms with Crippen molar-refractivity contribution in [1.29, 1.82) is 0 Å². The summed E-state index contributed by atoms with van der Waals surface area (Å²) < 4.78 is 0. The lowest BCUT2D eigenvalue weighted by molar-refractivity contribution is -0.148. The Morgan fingerprint density at radius 1 is 1.37 bits per heavy atom. The molecule has 1 fully saturated rings. The van der Waals surface area contributed by atoms with E-state index in [1.54, 1.807) is 25.8 Å². The summed E-state index contributed by atoms with van der Waals surface area (Å²) in [4.78, 5) is 27.6. The number of likely N-dealkylation sites (tertiary alicyclic amines) is 1. The molecule has 0 radical (unpaired) electrons. The Morgan fingerprint density at radius 2 is 2.00 bits per heavy atom. The van der Waals surface area contributed by atoms with Crippen molar-refractivity contribution in [3.8, 4) is 0 Å². The predicted molar refractivity (Wildman–Crippen MR) is 73.6 cm³/mol. The molecule has 19 heavy (non-hydrogen) atoms. The molecule has 0 aromatic heterocycles. The van der Waals surface area contributed by atoms with Crippen LogP contribution in [0.3, 0.4) is 0 Å². The fourth-order valence-corrected chi connectivity index (χ4v) is 2.60. The van der Waals surface area contributed by atoms with E-state index in [0.29, 0.717) is 13.0 Å². The molecule has 0 spiro atoms. The van der Waals surface area contributed by atoms with Crippen molar-refractivity contribution in [1.82, 2.24) is 9.80 Å². The first-order valence-corrected chi connectivity index (χ1v) is 7.03. The van der Waals surface area contributed by atoms with Gasteiger partial charge in [0.05, 0.1) is 5.60 Å². The minimum absolute atomic E-state index is 0.0368. The Kier molecular flexibility index (Phi) is 5.35. The molecule has 0 saturated carbocycles. The third-order valence-electron chi connectivity index (χ3n) is 3.41. The van der Waals surface area contributed by atoms with Gasteiger partial charge in [0.15, 0.2) is 0 Å². The monoisotopic (exact) mass is 270 g/mol. The van der Waals surface area contributed by atoms with Gasteiger partial charge in [-0.15, -0.1) is 0 Å². The molecule has 0 aromatic rings. The molecule has 1 aliphatic heterocycles. The van der Waals surface area contributed by atoms with E-state index < -0.39 is 5.60 Å². The van der Waals surface area contributed by atoms with Gasteiger partial charge in [0.2, 0.25) is 11.8 Å². The molecule has 1 aliphatic rings. The van der Waals surface area contributed by atoms with Crippen LogP contribution in [-0.2, 0) is 9.59 Å². The number of nitrogens with zero attached hydrogens (tertiary/aromatic N) is 2. The van der Waals surface area contributed by atoms with Crippen molar-refractivity contribution in [2.24, 2.45) is 0 Å². The number of rotatable bonds is 4. The van der Waals surface area contributed by atoms with E-state index in [4.69, 9.17) is 0 Å². The second-order valence-corrected chi connectivity index (χ2v) is 5.96. The molecule has 0 aromatic carbocycles. The highest BCUT2D eigenvalue weighted by Crippen LogP contribution is 2.20. The Balaban J connectivity index is 2.74. The molecular weight excluding hydrogens is 244 g/mol. The maximum absolute atomic E-state index is 12.4. The minimum atomic E-state index is -0.918. The van der Waals surface area contributed by atoms with Gasteiger partial charge in [-0.1, -0.05) is 6.92 Å². The van der Waals surface area contributed by atoms with Gasteiger partial charge in [0.25, 0.3) is 0 Å². The Morgan fingerprint density at radius 3 is 2.53 bits per heavy atom. The molecule has 5 nitrogen and oxygen atoms in total. The van der Waals surface area contributed by atoms with E-state index in [-0.39, 0.29) is 24.4 Å². The maximum Gasteiger partial charge on any atom is 0.245 e. The molecule has 1 rings (SSSR count). The molecule has 5 heteroatoms. The quantitative estimate of drug-likeness (QED) is 0.829. The van der Waals surface area contributed by atoms with Gasteiger partial charge in [-0.25, -0.2) is 0 Å². The lowest BCUT2D eigenvalue weighted by atomic mass is 9.99. The summed E-state index contributed by atoms with van der Waals surface area (Å²) in [5, 5.41) is 9.78. The zero-order valence-corrected chi connectivity index (χ0v) is 12.5. The van der Waals surface area contributed by atoms with Crippen molar-refractivity contribution in [2.45, 2.75) is 58.1 Å². The molecule has 0 bridgehead atoms. The normalized spacial score (nSPS) is 20.3. The summed E-state index contributed by atoms with van der Waals surface area (Å²) in [6.07, 6.45) is 3.09. The van der Waals surface area contributed by atoms with Crippen molar-refractivity contribution in [3.05, 3.63) is 0 Å². The average molecular weight is 270 g/mol. The molecule has 1 saturated heterocycles.